The fraction of sp³-hybridized carbons (Fsp3) is 0.846. The van der Waals surface area contributed by atoms with Crippen LogP contribution in [0.2, 0.25) is 0 Å². The summed E-state index contributed by atoms with van der Waals surface area (Å²) in [6, 6.07) is 0. The van der Waals surface area contributed by atoms with Gasteiger partial charge in [0.15, 0.2) is 5.82 Å². The Morgan fingerprint density at radius 2 is 2.11 bits per heavy atom. The van der Waals surface area contributed by atoms with E-state index < -0.39 is 0 Å². The molecule has 1 aliphatic rings. The van der Waals surface area contributed by atoms with Crippen LogP contribution in [-0.4, -0.2) is 49.2 Å². The van der Waals surface area contributed by atoms with Gasteiger partial charge in [-0.2, -0.15) is 4.98 Å². The van der Waals surface area contributed by atoms with Crippen LogP contribution >= 0.6 is 0 Å². The molecule has 0 amide bonds. The second kappa shape index (κ2) is 8.24. The summed E-state index contributed by atoms with van der Waals surface area (Å²) in [6.07, 6.45) is 3.94. The van der Waals surface area contributed by atoms with Crippen LogP contribution in [-0.2, 0) is 22.3 Å². The molecule has 1 N–H and O–H groups in total. The number of piperidine rings is 1. The number of hydrogen-bond donors (Lipinski definition) is 1. The van der Waals surface area contributed by atoms with Gasteiger partial charge in [0.25, 0.3) is 0 Å². The zero-order valence-electron chi connectivity index (χ0n) is 11.6. The second-order valence-corrected chi connectivity index (χ2v) is 4.62. The number of nitrogens with one attached hydrogen (secondary N) is 1. The van der Waals surface area contributed by atoms with Crippen LogP contribution in [0.1, 0.15) is 31.5 Å². The Balaban J connectivity index is 1.62. The van der Waals surface area contributed by atoms with Gasteiger partial charge in [0.2, 0.25) is 5.89 Å². The van der Waals surface area contributed by atoms with Gasteiger partial charge in [0.05, 0.1) is 25.7 Å². The normalized spacial score (nSPS) is 16.9. The lowest BCUT2D eigenvalue weighted by atomic mass is 10.1. The third-order valence-electron chi connectivity index (χ3n) is 3.14. The molecule has 1 aromatic heterocycles. The SMILES string of the molecule is CCOCCc1noc(CCOC2CCNCC2)n1. The summed E-state index contributed by atoms with van der Waals surface area (Å²) in [5.41, 5.74) is 0. The van der Waals surface area contributed by atoms with Crippen molar-refractivity contribution in [3.8, 4) is 0 Å². The molecule has 0 unspecified atom stereocenters. The van der Waals surface area contributed by atoms with E-state index in [0.29, 0.717) is 43.9 Å². The van der Waals surface area contributed by atoms with Crippen LogP contribution in [0, 0.1) is 0 Å². The molecule has 0 spiro atoms. The molecule has 108 valence electrons. The summed E-state index contributed by atoms with van der Waals surface area (Å²) < 4.78 is 16.2. The molecule has 0 aliphatic carbocycles. The van der Waals surface area contributed by atoms with Gasteiger partial charge in [-0.15, -0.1) is 0 Å². The largest absolute Gasteiger partial charge is 0.381 e. The molecule has 0 aromatic carbocycles. The van der Waals surface area contributed by atoms with Crippen LogP contribution in [0.3, 0.4) is 0 Å². The standard InChI is InChI=1S/C13H23N3O3/c1-2-17-9-5-12-15-13(19-16-12)6-10-18-11-3-7-14-8-4-11/h11,14H,2-10H2,1H3. The maximum Gasteiger partial charge on any atom is 0.228 e. The molecule has 0 bridgehead atoms. The Bertz CT molecular complexity index is 351. The fourth-order valence-corrected chi connectivity index (χ4v) is 2.08. The van der Waals surface area contributed by atoms with Crippen molar-refractivity contribution in [3.63, 3.8) is 0 Å². The van der Waals surface area contributed by atoms with E-state index in [1.54, 1.807) is 0 Å². The van der Waals surface area contributed by atoms with Crippen molar-refractivity contribution in [2.24, 2.45) is 0 Å². The first-order valence-electron chi connectivity index (χ1n) is 7.10. The van der Waals surface area contributed by atoms with Gasteiger partial charge >= 0.3 is 0 Å². The highest BCUT2D eigenvalue weighted by atomic mass is 16.5. The summed E-state index contributed by atoms with van der Waals surface area (Å²) in [5, 5.41) is 7.24. The van der Waals surface area contributed by atoms with E-state index in [9.17, 15) is 0 Å². The Kier molecular flexibility index (Phi) is 6.26. The number of hydrogen-bond acceptors (Lipinski definition) is 6. The molecule has 1 saturated heterocycles. The minimum absolute atomic E-state index is 0.376. The van der Waals surface area contributed by atoms with Gasteiger partial charge in [0.1, 0.15) is 0 Å². The Labute approximate surface area is 113 Å². The first-order valence-corrected chi connectivity index (χ1v) is 7.10. The average Bonchev–Trinajstić information content (AvgIpc) is 2.88. The van der Waals surface area contributed by atoms with E-state index in [1.165, 1.54) is 0 Å². The number of ether oxygens (including phenoxy) is 2. The lowest BCUT2D eigenvalue weighted by molar-refractivity contribution is 0.0322. The Morgan fingerprint density at radius 3 is 2.89 bits per heavy atom. The first-order chi connectivity index (χ1) is 9.38. The van der Waals surface area contributed by atoms with Gasteiger partial charge in [-0.3, -0.25) is 0 Å². The Morgan fingerprint density at radius 1 is 1.26 bits per heavy atom. The van der Waals surface area contributed by atoms with Gasteiger partial charge < -0.3 is 19.3 Å². The summed E-state index contributed by atoms with van der Waals surface area (Å²) >= 11 is 0. The molecule has 6 heteroatoms. The van der Waals surface area contributed by atoms with Gasteiger partial charge in [0, 0.05) is 13.0 Å². The van der Waals surface area contributed by atoms with E-state index in [0.717, 1.165) is 32.5 Å². The van der Waals surface area contributed by atoms with Crippen LogP contribution < -0.4 is 5.32 Å². The molecular formula is C13H23N3O3. The molecule has 0 saturated carbocycles. The van der Waals surface area contributed by atoms with Crippen LogP contribution in [0.4, 0.5) is 0 Å². The van der Waals surface area contributed by atoms with Gasteiger partial charge in [-0.25, -0.2) is 0 Å². The summed E-state index contributed by atoms with van der Waals surface area (Å²) in [7, 11) is 0. The van der Waals surface area contributed by atoms with E-state index in [4.69, 9.17) is 14.0 Å². The van der Waals surface area contributed by atoms with E-state index in [1.807, 2.05) is 6.92 Å². The van der Waals surface area contributed by atoms with Crippen LogP contribution in [0.25, 0.3) is 0 Å². The lowest BCUT2D eigenvalue weighted by Gasteiger charge is -2.22. The Hall–Kier alpha value is -0.980. The molecule has 1 aromatic rings. The molecular weight excluding hydrogens is 246 g/mol. The highest BCUT2D eigenvalue weighted by molar-refractivity contribution is 4.86. The first kappa shape index (κ1) is 14.4. The summed E-state index contributed by atoms with van der Waals surface area (Å²) in [6.45, 7) is 6.08. The minimum Gasteiger partial charge on any atom is -0.381 e. The quantitative estimate of drug-likeness (QED) is 0.709. The van der Waals surface area contributed by atoms with Gasteiger partial charge in [-0.05, 0) is 32.9 Å². The second-order valence-electron chi connectivity index (χ2n) is 4.62. The maximum absolute atomic E-state index is 5.80. The molecule has 6 nitrogen and oxygen atoms in total. The van der Waals surface area contributed by atoms with Crippen molar-refractivity contribution in [3.05, 3.63) is 11.7 Å². The molecule has 2 rings (SSSR count). The molecule has 1 fully saturated rings. The fourth-order valence-electron chi connectivity index (χ4n) is 2.08. The minimum atomic E-state index is 0.376. The monoisotopic (exact) mass is 269 g/mol. The summed E-state index contributed by atoms with van der Waals surface area (Å²) in [4.78, 5) is 4.31. The van der Waals surface area contributed by atoms with Crippen LogP contribution in [0.5, 0.6) is 0 Å². The zero-order valence-corrected chi connectivity index (χ0v) is 11.6. The van der Waals surface area contributed by atoms with Crippen molar-refractivity contribution in [2.75, 3.05) is 32.9 Å². The van der Waals surface area contributed by atoms with E-state index >= 15 is 0 Å². The number of rotatable bonds is 8. The molecule has 0 radical (unpaired) electrons. The molecule has 2 heterocycles. The highest BCUT2D eigenvalue weighted by Gasteiger charge is 2.13. The highest BCUT2D eigenvalue weighted by Crippen LogP contribution is 2.08. The van der Waals surface area contributed by atoms with Crippen molar-refractivity contribution >= 4 is 0 Å². The van der Waals surface area contributed by atoms with E-state index in [-0.39, 0.29) is 0 Å². The van der Waals surface area contributed by atoms with Crippen molar-refractivity contribution in [2.45, 2.75) is 38.7 Å². The molecule has 1 aliphatic heterocycles. The smallest absolute Gasteiger partial charge is 0.228 e. The topological polar surface area (TPSA) is 69.4 Å². The number of aromatic nitrogens is 2. The predicted molar refractivity (Wildman–Crippen MR) is 70.0 cm³/mol. The van der Waals surface area contributed by atoms with Gasteiger partial charge in [-0.1, -0.05) is 5.16 Å². The van der Waals surface area contributed by atoms with E-state index in [2.05, 4.69) is 15.5 Å². The third kappa shape index (κ3) is 5.26. The van der Waals surface area contributed by atoms with Crippen molar-refractivity contribution in [1.29, 1.82) is 0 Å². The van der Waals surface area contributed by atoms with Crippen molar-refractivity contribution in [1.82, 2.24) is 15.5 Å². The molecule has 19 heavy (non-hydrogen) atoms. The maximum atomic E-state index is 5.80. The molecule has 0 atom stereocenters. The third-order valence-corrected chi connectivity index (χ3v) is 3.14. The predicted octanol–water partition coefficient (Wildman–Crippen LogP) is 0.960. The number of nitrogens with zero attached hydrogens (tertiary/aromatic N) is 2. The summed E-state index contributed by atoms with van der Waals surface area (Å²) in [5.74, 6) is 1.37. The zero-order chi connectivity index (χ0) is 13.3. The lowest BCUT2D eigenvalue weighted by Crippen LogP contribution is -2.32. The van der Waals surface area contributed by atoms with Crippen molar-refractivity contribution < 1.29 is 14.0 Å². The van der Waals surface area contributed by atoms with Crippen LogP contribution in [0.15, 0.2) is 4.52 Å². The average molecular weight is 269 g/mol.